The molecule has 2 aliphatic heterocycles. The molecule has 5 rings (SSSR count). The molecule has 1 aromatic carbocycles. The van der Waals surface area contributed by atoms with Crippen LogP contribution in [0.5, 0.6) is 0 Å². The number of pyridine rings is 2. The van der Waals surface area contributed by atoms with Crippen LogP contribution >= 0.6 is 11.6 Å². The predicted molar refractivity (Wildman–Crippen MR) is 167 cm³/mol. The monoisotopic (exact) mass is 612 g/mol. The van der Waals surface area contributed by atoms with Crippen LogP contribution in [0.2, 0.25) is 5.02 Å². The Morgan fingerprint density at radius 3 is 2.57 bits per heavy atom. The molecule has 4 heterocycles. The van der Waals surface area contributed by atoms with Gasteiger partial charge >= 0.3 is 0 Å². The van der Waals surface area contributed by atoms with Crippen LogP contribution in [0.3, 0.4) is 0 Å². The number of nitrogen functional groups attached to an aromatic ring is 1. The van der Waals surface area contributed by atoms with Crippen molar-refractivity contribution in [2.24, 2.45) is 5.92 Å². The average Bonchev–Trinajstić information content (AvgIpc) is 3.23. The van der Waals surface area contributed by atoms with E-state index in [0.29, 0.717) is 54.1 Å². The van der Waals surface area contributed by atoms with Gasteiger partial charge in [-0.05, 0) is 80.6 Å². The zero-order valence-electron chi connectivity index (χ0n) is 23.7. The van der Waals surface area contributed by atoms with Crippen molar-refractivity contribution in [2.75, 3.05) is 30.3 Å². The molecule has 1 saturated heterocycles. The SMILES string of the molecule is C[C@@H]1CN(c2nc(C3=CCCN(C(=O)c4cccc(Cl)c4)C3)ccc2C(=O)NS(=O)(=O)c2cccc(N)n2)C(C)(C)C1.[HH].[HH]. The topological polar surface area (TPSA) is 139 Å². The lowest BCUT2D eigenvalue weighted by Crippen LogP contribution is -2.41. The highest BCUT2D eigenvalue weighted by atomic mass is 35.5. The third-order valence-corrected chi connectivity index (χ3v) is 9.00. The Morgan fingerprint density at radius 1 is 1.12 bits per heavy atom. The molecule has 0 unspecified atom stereocenters. The number of nitrogens with one attached hydrogen (secondary N) is 1. The van der Waals surface area contributed by atoms with Gasteiger partial charge in [0.25, 0.3) is 21.8 Å². The van der Waals surface area contributed by atoms with Crippen LogP contribution in [0.25, 0.3) is 5.57 Å². The molecule has 3 N–H and O–H groups in total. The third kappa shape index (κ3) is 6.12. The minimum absolute atomic E-state index is 0. The van der Waals surface area contributed by atoms with Crippen LogP contribution in [0.15, 0.2) is 65.7 Å². The normalized spacial score (nSPS) is 18.5. The maximum absolute atomic E-state index is 13.5. The summed E-state index contributed by atoms with van der Waals surface area (Å²) < 4.78 is 28.1. The van der Waals surface area contributed by atoms with E-state index in [0.717, 1.165) is 12.0 Å². The highest BCUT2D eigenvalue weighted by Gasteiger charge is 2.39. The molecular formula is C30H37ClN6O4S. The molecule has 1 fully saturated rings. The number of carbonyl (C=O) groups excluding carboxylic acids is 2. The summed E-state index contributed by atoms with van der Waals surface area (Å²) in [6.45, 7) is 7.81. The third-order valence-electron chi connectivity index (χ3n) is 7.53. The Labute approximate surface area is 253 Å². The number of hydrogen-bond donors (Lipinski definition) is 2. The smallest absolute Gasteiger partial charge is 0.281 e. The highest BCUT2D eigenvalue weighted by molar-refractivity contribution is 7.90. The summed E-state index contributed by atoms with van der Waals surface area (Å²) in [4.78, 5) is 39.3. The zero-order valence-corrected chi connectivity index (χ0v) is 25.2. The number of rotatable bonds is 6. The van der Waals surface area contributed by atoms with Crippen LogP contribution < -0.4 is 15.4 Å². The van der Waals surface area contributed by atoms with Crippen molar-refractivity contribution in [1.29, 1.82) is 0 Å². The summed E-state index contributed by atoms with van der Waals surface area (Å²) >= 11 is 6.11. The fourth-order valence-electron chi connectivity index (χ4n) is 5.69. The van der Waals surface area contributed by atoms with Gasteiger partial charge in [-0.25, -0.2) is 14.7 Å². The molecule has 2 aliphatic rings. The molecule has 42 heavy (non-hydrogen) atoms. The minimum Gasteiger partial charge on any atom is -0.384 e. The second-order valence-electron chi connectivity index (χ2n) is 11.4. The van der Waals surface area contributed by atoms with E-state index in [1.165, 1.54) is 18.2 Å². The molecule has 224 valence electrons. The predicted octanol–water partition coefficient (Wildman–Crippen LogP) is 4.88. The lowest BCUT2D eigenvalue weighted by molar-refractivity contribution is 0.0774. The molecule has 2 amide bonds. The van der Waals surface area contributed by atoms with E-state index in [1.807, 2.05) is 6.08 Å². The first-order valence-corrected chi connectivity index (χ1v) is 15.5. The van der Waals surface area contributed by atoms with Crippen LogP contribution in [0.4, 0.5) is 11.6 Å². The summed E-state index contributed by atoms with van der Waals surface area (Å²) in [5.74, 6) is -0.211. The van der Waals surface area contributed by atoms with Gasteiger partial charge < -0.3 is 15.5 Å². The van der Waals surface area contributed by atoms with Crippen molar-refractivity contribution in [2.45, 2.75) is 44.2 Å². The number of nitrogens with two attached hydrogens (primary N) is 1. The van der Waals surface area contributed by atoms with Gasteiger partial charge in [-0.15, -0.1) is 0 Å². The summed E-state index contributed by atoms with van der Waals surface area (Å²) in [6.07, 6.45) is 3.55. The van der Waals surface area contributed by atoms with Crippen LogP contribution in [-0.4, -0.2) is 60.3 Å². The number of benzene rings is 1. The van der Waals surface area contributed by atoms with E-state index < -0.39 is 15.9 Å². The van der Waals surface area contributed by atoms with Crippen molar-refractivity contribution in [3.63, 3.8) is 0 Å². The summed E-state index contributed by atoms with van der Waals surface area (Å²) in [5.41, 5.74) is 7.41. The number of halogens is 1. The van der Waals surface area contributed by atoms with E-state index in [1.54, 1.807) is 41.3 Å². The maximum atomic E-state index is 13.5. The second-order valence-corrected chi connectivity index (χ2v) is 13.5. The first-order valence-electron chi connectivity index (χ1n) is 13.7. The lowest BCUT2D eigenvalue weighted by Gasteiger charge is -2.34. The molecule has 0 radical (unpaired) electrons. The molecule has 0 bridgehead atoms. The highest BCUT2D eigenvalue weighted by Crippen LogP contribution is 2.38. The minimum atomic E-state index is -4.29. The van der Waals surface area contributed by atoms with Crippen molar-refractivity contribution in [3.05, 3.63) is 82.5 Å². The lowest BCUT2D eigenvalue weighted by atomic mass is 9.97. The summed E-state index contributed by atoms with van der Waals surface area (Å²) in [7, 11) is -4.29. The Morgan fingerprint density at radius 2 is 1.88 bits per heavy atom. The van der Waals surface area contributed by atoms with Crippen molar-refractivity contribution < 1.29 is 20.9 Å². The van der Waals surface area contributed by atoms with Gasteiger partial charge in [-0.2, -0.15) is 8.42 Å². The molecule has 10 nitrogen and oxygen atoms in total. The second kappa shape index (κ2) is 11.4. The van der Waals surface area contributed by atoms with Crippen LogP contribution in [-0.2, 0) is 10.0 Å². The van der Waals surface area contributed by atoms with Crippen molar-refractivity contribution in [3.8, 4) is 0 Å². The molecule has 0 saturated carbocycles. The number of nitrogens with zero attached hydrogens (tertiary/aromatic N) is 4. The molecule has 12 heteroatoms. The average molecular weight is 613 g/mol. The van der Waals surface area contributed by atoms with Gasteiger partial charge in [0.15, 0.2) is 5.03 Å². The van der Waals surface area contributed by atoms with Crippen molar-refractivity contribution in [1.82, 2.24) is 19.6 Å². The molecular weight excluding hydrogens is 576 g/mol. The summed E-state index contributed by atoms with van der Waals surface area (Å²) in [5, 5.41) is 0.138. The molecule has 0 spiro atoms. The number of amides is 2. The Balaban J connectivity index is 0.00000264. The van der Waals surface area contributed by atoms with Crippen LogP contribution in [0, 0.1) is 5.92 Å². The van der Waals surface area contributed by atoms with Gasteiger partial charge in [-0.1, -0.05) is 36.7 Å². The Bertz CT molecular complexity index is 1700. The van der Waals surface area contributed by atoms with Crippen molar-refractivity contribution >= 4 is 50.6 Å². The molecule has 3 aromatic rings. The van der Waals surface area contributed by atoms with E-state index in [9.17, 15) is 18.0 Å². The van der Waals surface area contributed by atoms with Gasteiger partial charge in [0.1, 0.15) is 11.6 Å². The van der Waals surface area contributed by atoms with Crippen LogP contribution in [0.1, 0.15) is 62.9 Å². The first-order chi connectivity index (χ1) is 19.8. The van der Waals surface area contributed by atoms with Gasteiger partial charge in [0, 0.05) is 38.6 Å². The fourth-order valence-corrected chi connectivity index (χ4v) is 6.82. The number of hydrogen-bond acceptors (Lipinski definition) is 8. The first kappa shape index (κ1) is 29.5. The van der Waals surface area contributed by atoms with E-state index >= 15 is 0 Å². The van der Waals surface area contributed by atoms with E-state index in [2.05, 4.69) is 35.4 Å². The zero-order chi connectivity index (χ0) is 30.2. The quantitative estimate of drug-likeness (QED) is 0.402. The molecule has 1 atom stereocenters. The van der Waals surface area contributed by atoms with Gasteiger partial charge in [0.2, 0.25) is 0 Å². The number of anilines is 2. The molecule has 2 aromatic heterocycles. The standard InChI is InChI=1S/C30H33ClN6O4S.2H2/c1-19-16-30(2,3)37(17-19)27-23(28(38)35-42(40,41)26-11-5-10-25(32)34-26)12-13-24(33-27)21-8-6-14-36(18-21)29(39)20-7-4-9-22(31)15-20;;/h4-5,7-13,15,19H,6,14,16-18H2,1-3H3,(H2,32,34)(H,35,38);2*1H/t19-;;/m0../s1. The summed E-state index contributed by atoms with van der Waals surface area (Å²) in [6, 6.07) is 14.3. The number of sulfonamides is 1. The number of aromatic nitrogens is 2. The largest absolute Gasteiger partial charge is 0.384 e. The van der Waals surface area contributed by atoms with Gasteiger partial charge in [0.05, 0.1) is 11.3 Å². The molecule has 0 aliphatic carbocycles. The van der Waals surface area contributed by atoms with E-state index in [4.69, 9.17) is 22.3 Å². The Hall–Kier alpha value is -3.96. The van der Waals surface area contributed by atoms with E-state index in [-0.39, 0.29) is 30.7 Å². The Kier molecular flexibility index (Phi) is 8.00. The fraction of sp³-hybridized carbons (Fsp3) is 0.333. The maximum Gasteiger partial charge on any atom is 0.281 e. The van der Waals surface area contributed by atoms with Gasteiger partial charge in [-0.3, -0.25) is 9.59 Å². The number of carbonyl (C=O) groups is 2.